The highest BCUT2D eigenvalue weighted by molar-refractivity contribution is 5.02. The fourth-order valence-corrected chi connectivity index (χ4v) is 1.00. The van der Waals surface area contributed by atoms with Gasteiger partial charge in [-0.3, -0.25) is 4.68 Å². The first-order valence-electron chi connectivity index (χ1n) is 3.87. The van der Waals surface area contributed by atoms with Crippen molar-refractivity contribution in [3.05, 3.63) is 18.0 Å². The van der Waals surface area contributed by atoms with E-state index in [1.54, 1.807) is 24.0 Å². The third-order valence-corrected chi connectivity index (χ3v) is 1.60. The number of alkyl halides is 1. The van der Waals surface area contributed by atoms with Crippen molar-refractivity contribution in [3.63, 3.8) is 0 Å². The van der Waals surface area contributed by atoms with Crippen LogP contribution >= 0.6 is 0 Å². The number of aryl methyl sites for hydroxylation is 1. The van der Waals surface area contributed by atoms with Gasteiger partial charge in [0.15, 0.2) is 0 Å². The maximum absolute atomic E-state index is 13.1. The molecule has 0 bridgehead atoms. The van der Waals surface area contributed by atoms with Gasteiger partial charge in [0, 0.05) is 13.2 Å². The minimum Gasteiger partial charge on any atom is -0.275 e. The molecule has 1 heterocycles. The van der Waals surface area contributed by atoms with Crippen molar-refractivity contribution in [2.75, 3.05) is 0 Å². The van der Waals surface area contributed by atoms with Crippen LogP contribution in [0.1, 0.15) is 31.6 Å². The molecule has 0 saturated heterocycles. The monoisotopic (exact) mass is 156 g/mol. The predicted octanol–water partition coefficient (Wildman–Crippen LogP) is 2.23. The molecule has 11 heavy (non-hydrogen) atoms. The lowest BCUT2D eigenvalue weighted by molar-refractivity contribution is 0.311. The molecule has 1 atom stereocenters. The van der Waals surface area contributed by atoms with Gasteiger partial charge in [-0.25, -0.2) is 4.39 Å². The van der Waals surface area contributed by atoms with Crippen molar-refractivity contribution >= 4 is 0 Å². The van der Waals surface area contributed by atoms with Gasteiger partial charge in [0.25, 0.3) is 0 Å². The zero-order valence-electron chi connectivity index (χ0n) is 6.92. The van der Waals surface area contributed by atoms with Gasteiger partial charge in [0.1, 0.15) is 6.17 Å². The van der Waals surface area contributed by atoms with Crippen LogP contribution < -0.4 is 0 Å². The Morgan fingerprint density at radius 1 is 1.73 bits per heavy atom. The second kappa shape index (κ2) is 3.51. The molecule has 0 amide bonds. The Bertz CT molecular complexity index is 220. The zero-order valence-corrected chi connectivity index (χ0v) is 6.92. The maximum atomic E-state index is 13.1. The first-order valence-corrected chi connectivity index (χ1v) is 3.87. The minimum atomic E-state index is -0.888. The second-order valence-corrected chi connectivity index (χ2v) is 2.67. The SMILES string of the molecule is CCCC(F)c1ccn(C)n1. The van der Waals surface area contributed by atoms with E-state index in [-0.39, 0.29) is 0 Å². The highest BCUT2D eigenvalue weighted by Gasteiger charge is 2.10. The van der Waals surface area contributed by atoms with Crippen LogP contribution in [0.3, 0.4) is 0 Å². The molecule has 1 unspecified atom stereocenters. The average molecular weight is 156 g/mol. The van der Waals surface area contributed by atoms with Crippen molar-refractivity contribution in [3.8, 4) is 0 Å². The normalized spacial score (nSPS) is 13.4. The lowest BCUT2D eigenvalue weighted by atomic mass is 10.2. The molecular formula is C8H13FN2. The van der Waals surface area contributed by atoms with Crippen molar-refractivity contribution < 1.29 is 4.39 Å². The summed E-state index contributed by atoms with van der Waals surface area (Å²) in [5, 5.41) is 3.97. The van der Waals surface area contributed by atoms with E-state index in [1.807, 2.05) is 6.92 Å². The Labute approximate surface area is 66.0 Å². The van der Waals surface area contributed by atoms with E-state index in [4.69, 9.17) is 0 Å². The number of aromatic nitrogens is 2. The first kappa shape index (κ1) is 8.24. The van der Waals surface area contributed by atoms with Gasteiger partial charge in [-0.1, -0.05) is 13.3 Å². The molecule has 1 rings (SSSR count). The molecule has 1 aromatic heterocycles. The van der Waals surface area contributed by atoms with Gasteiger partial charge in [-0.15, -0.1) is 0 Å². The molecule has 0 aliphatic rings. The number of hydrogen-bond acceptors (Lipinski definition) is 1. The van der Waals surface area contributed by atoms with Crippen LogP contribution in [0.15, 0.2) is 12.3 Å². The number of nitrogens with zero attached hydrogens (tertiary/aromatic N) is 2. The fraction of sp³-hybridized carbons (Fsp3) is 0.625. The smallest absolute Gasteiger partial charge is 0.144 e. The van der Waals surface area contributed by atoms with Gasteiger partial charge in [0.2, 0.25) is 0 Å². The second-order valence-electron chi connectivity index (χ2n) is 2.67. The number of hydrogen-bond donors (Lipinski definition) is 0. The predicted molar refractivity (Wildman–Crippen MR) is 42.0 cm³/mol. The van der Waals surface area contributed by atoms with E-state index in [0.29, 0.717) is 12.1 Å². The van der Waals surface area contributed by atoms with Crippen LogP contribution in [0.2, 0.25) is 0 Å². The zero-order chi connectivity index (χ0) is 8.27. The highest BCUT2D eigenvalue weighted by atomic mass is 19.1. The van der Waals surface area contributed by atoms with Gasteiger partial charge in [-0.2, -0.15) is 5.10 Å². The molecule has 0 radical (unpaired) electrons. The van der Waals surface area contributed by atoms with Gasteiger partial charge >= 0.3 is 0 Å². The number of rotatable bonds is 3. The summed E-state index contributed by atoms with van der Waals surface area (Å²) in [6.07, 6.45) is 2.30. The van der Waals surface area contributed by atoms with Crippen molar-refractivity contribution in [1.29, 1.82) is 0 Å². The van der Waals surface area contributed by atoms with Crippen LogP contribution in [0.5, 0.6) is 0 Å². The molecule has 1 aromatic rings. The highest BCUT2D eigenvalue weighted by Crippen LogP contribution is 2.19. The summed E-state index contributed by atoms with van der Waals surface area (Å²) in [5.41, 5.74) is 0.550. The topological polar surface area (TPSA) is 17.8 Å². The number of halogens is 1. The maximum Gasteiger partial charge on any atom is 0.144 e. The van der Waals surface area contributed by atoms with Gasteiger partial charge < -0.3 is 0 Å². The summed E-state index contributed by atoms with van der Waals surface area (Å²) in [6.45, 7) is 1.97. The molecule has 0 saturated carbocycles. The molecule has 3 heteroatoms. The molecule has 0 aliphatic heterocycles. The Hall–Kier alpha value is -0.860. The Morgan fingerprint density at radius 3 is 2.91 bits per heavy atom. The molecule has 0 fully saturated rings. The van der Waals surface area contributed by atoms with Crippen molar-refractivity contribution in [2.45, 2.75) is 25.9 Å². The van der Waals surface area contributed by atoms with E-state index >= 15 is 0 Å². The fourth-order valence-electron chi connectivity index (χ4n) is 1.00. The van der Waals surface area contributed by atoms with E-state index in [2.05, 4.69) is 5.10 Å². The minimum absolute atomic E-state index is 0.550. The van der Waals surface area contributed by atoms with Crippen molar-refractivity contribution in [1.82, 2.24) is 9.78 Å². The molecule has 0 N–H and O–H groups in total. The Balaban J connectivity index is 2.60. The molecule has 0 spiro atoms. The van der Waals surface area contributed by atoms with Crippen LogP contribution in [0.4, 0.5) is 4.39 Å². The van der Waals surface area contributed by atoms with Crippen LogP contribution in [-0.2, 0) is 7.05 Å². The van der Waals surface area contributed by atoms with E-state index in [0.717, 1.165) is 6.42 Å². The summed E-state index contributed by atoms with van der Waals surface area (Å²) >= 11 is 0. The molecule has 0 aliphatic carbocycles. The molecule has 2 nitrogen and oxygen atoms in total. The Kier molecular flexibility index (Phi) is 2.63. The quantitative estimate of drug-likeness (QED) is 0.656. The molecule has 62 valence electrons. The van der Waals surface area contributed by atoms with E-state index in [1.165, 1.54) is 0 Å². The first-order chi connectivity index (χ1) is 5.24. The largest absolute Gasteiger partial charge is 0.275 e. The molecular weight excluding hydrogens is 143 g/mol. The summed E-state index contributed by atoms with van der Waals surface area (Å²) in [5.74, 6) is 0. The van der Waals surface area contributed by atoms with Crippen LogP contribution in [0, 0.1) is 0 Å². The summed E-state index contributed by atoms with van der Waals surface area (Å²) in [6, 6.07) is 1.72. The standard InChI is InChI=1S/C8H13FN2/c1-3-4-7(9)8-5-6-11(2)10-8/h5-7H,3-4H2,1-2H3. The average Bonchev–Trinajstić information content (AvgIpc) is 2.36. The van der Waals surface area contributed by atoms with E-state index in [9.17, 15) is 4.39 Å². The lowest BCUT2D eigenvalue weighted by Crippen LogP contribution is -1.94. The molecule has 0 aromatic carbocycles. The summed E-state index contributed by atoms with van der Waals surface area (Å²) in [7, 11) is 1.79. The third-order valence-electron chi connectivity index (χ3n) is 1.60. The third kappa shape index (κ3) is 2.03. The van der Waals surface area contributed by atoms with Gasteiger partial charge in [0.05, 0.1) is 5.69 Å². The van der Waals surface area contributed by atoms with Crippen molar-refractivity contribution in [2.24, 2.45) is 7.05 Å². The van der Waals surface area contributed by atoms with Gasteiger partial charge in [-0.05, 0) is 12.5 Å². The van der Waals surface area contributed by atoms with Crippen LogP contribution in [0.25, 0.3) is 0 Å². The Morgan fingerprint density at radius 2 is 2.45 bits per heavy atom. The lowest BCUT2D eigenvalue weighted by Gasteiger charge is -2.00. The van der Waals surface area contributed by atoms with E-state index < -0.39 is 6.17 Å². The summed E-state index contributed by atoms with van der Waals surface area (Å²) < 4.78 is 14.7. The van der Waals surface area contributed by atoms with Crippen LogP contribution in [-0.4, -0.2) is 9.78 Å². The summed E-state index contributed by atoms with van der Waals surface area (Å²) in [4.78, 5) is 0.